The molecule has 2 amide bonds. The molecule has 9 nitrogen and oxygen atoms in total. The Bertz CT molecular complexity index is 1740. The number of aliphatic hydroxyl groups is 1. The van der Waals surface area contributed by atoms with E-state index in [9.17, 15) is 32.7 Å². The van der Waals surface area contributed by atoms with Crippen molar-refractivity contribution in [1.29, 1.82) is 0 Å². The number of hydrogen-bond donors (Lipinski definition) is 4. The molecule has 3 aromatic rings. The van der Waals surface area contributed by atoms with Gasteiger partial charge in [0.2, 0.25) is 17.6 Å². The van der Waals surface area contributed by atoms with Crippen molar-refractivity contribution in [3.05, 3.63) is 105 Å². The highest BCUT2D eigenvalue weighted by Crippen LogP contribution is 2.34. The molecule has 5 rings (SSSR count). The number of benzene rings is 3. The molecule has 0 radical (unpaired) electrons. The van der Waals surface area contributed by atoms with Gasteiger partial charge in [0.05, 0.1) is 31.6 Å². The van der Waals surface area contributed by atoms with E-state index in [2.05, 4.69) is 10.6 Å². The minimum Gasteiger partial charge on any atom is -0.488 e. The van der Waals surface area contributed by atoms with Crippen LogP contribution in [0.3, 0.4) is 0 Å². The molecular weight excluding hydrogens is 675 g/mol. The molecule has 1 saturated heterocycles. The quantitative estimate of drug-likeness (QED) is 0.128. The van der Waals surface area contributed by atoms with E-state index in [1.807, 2.05) is 48.5 Å². The van der Waals surface area contributed by atoms with E-state index in [0.717, 1.165) is 28.3 Å². The summed E-state index contributed by atoms with van der Waals surface area (Å²) in [4.78, 5) is 39.5. The largest absolute Gasteiger partial charge is 0.488 e. The number of rotatable bonds is 15. The van der Waals surface area contributed by atoms with E-state index < -0.39 is 47.7 Å². The molecule has 0 aromatic heterocycles. The standard InChI is InChI=1S/C37H39ClF3N3O6/c38-28-8-2-1-6-24(28)7-3-15-42-37(49)34-27(17-25-20-44(21-31(34)43-25)32(46)18-26(45)19-33(47)48)23-11-9-22(10-12-23)5-4-16-50-36-30(40)14-13-29(39)35(36)41/h1-2,6,8-14,25-26,31,43,45H,3-5,7,15-21H2,(H,42,49)(H,47,48)/t25-,26-,31-/m1/s1. The molecule has 3 atom stereocenters. The molecule has 0 saturated carbocycles. The van der Waals surface area contributed by atoms with Gasteiger partial charge in [0.25, 0.3) is 0 Å². The number of amides is 2. The number of carboxylic acids is 1. The second kappa shape index (κ2) is 17.0. The van der Waals surface area contributed by atoms with Crippen molar-refractivity contribution in [2.24, 2.45) is 0 Å². The summed E-state index contributed by atoms with van der Waals surface area (Å²) in [7, 11) is 0. The molecule has 0 spiro atoms. The van der Waals surface area contributed by atoms with Crippen molar-refractivity contribution in [2.75, 3.05) is 26.2 Å². The molecule has 50 heavy (non-hydrogen) atoms. The van der Waals surface area contributed by atoms with Gasteiger partial charge in [-0.05, 0) is 72.6 Å². The second-order valence-corrected chi connectivity index (χ2v) is 12.9. The summed E-state index contributed by atoms with van der Waals surface area (Å²) in [5.74, 6) is -6.11. The zero-order chi connectivity index (χ0) is 35.8. The van der Waals surface area contributed by atoms with Crippen LogP contribution < -0.4 is 15.4 Å². The smallest absolute Gasteiger partial charge is 0.305 e. The highest BCUT2D eigenvalue weighted by molar-refractivity contribution is 6.31. The van der Waals surface area contributed by atoms with E-state index in [-0.39, 0.29) is 37.4 Å². The van der Waals surface area contributed by atoms with E-state index in [4.69, 9.17) is 21.4 Å². The predicted octanol–water partition coefficient (Wildman–Crippen LogP) is 5.07. The van der Waals surface area contributed by atoms with Crippen molar-refractivity contribution >= 4 is 35.0 Å². The fourth-order valence-electron chi connectivity index (χ4n) is 6.43. The van der Waals surface area contributed by atoms with E-state index in [1.165, 1.54) is 0 Å². The second-order valence-electron chi connectivity index (χ2n) is 12.5. The third-order valence-corrected chi connectivity index (χ3v) is 9.22. The van der Waals surface area contributed by atoms with E-state index >= 15 is 0 Å². The summed E-state index contributed by atoms with van der Waals surface area (Å²) in [6.07, 6.45) is 0.534. The Morgan fingerprint density at radius 2 is 1.70 bits per heavy atom. The highest BCUT2D eigenvalue weighted by Gasteiger charge is 2.40. The maximum absolute atomic E-state index is 13.9. The van der Waals surface area contributed by atoms with Gasteiger partial charge in [0.15, 0.2) is 17.4 Å². The maximum Gasteiger partial charge on any atom is 0.305 e. The number of carbonyl (C=O) groups excluding carboxylic acids is 2. The monoisotopic (exact) mass is 713 g/mol. The van der Waals surface area contributed by atoms with Crippen LogP contribution in [0.2, 0.25) is 5.02 Å². The fraction of sp³-hybridized carbons (Fsp3) is 0.378. The maximum atomic E-state index is 13.9. The number of aliphatic hydroxyl groups excluding tert-OH is 1. The number of piperazine rings is 1. The Labute approximate surface area is 293 Å². The van der Waals surface area contributed by atoms with Gasteiger partial charge in [-0.1, -0.05) is 54.1 Å². The molecule has 13 heteroatoms. The number of carbonyl (C=O) groups is 3. The average Bonchev–Trinajstić information content (AvgIpc) is 3.08. The lowest BCUT2D eigenvalue weighted by atomic mass is 9.82. The minimum atomic E-state index is -1.36. The van der Waals surface area contributed by atoms with Crippen molar-refractivity contribution < 1.29 is 42.5 Å². The van der Waals surface area contributed by atoms with Crippen LogP contribution >= 0.6 is 11.6 Å². The molecular formula is C37H39ClF3N3O6. The first kappa shape index (κ1) is 36.9. The molecule has 2 aliphatic heterocycles. The van der Waals surface area contributed by atoms with Crippen molar-refractivity contribution in [1.82, 2.24) is 15.5 Å². The van der Waals surface area contributed by atoms with Crippen LogP contribution in [0, 0.1) is 17.5 Å². The third-order valence-electron chi connectivity index (χ3n) is 8.85. The van der Waals surface area contributed by atoms with Crippen LogP contribution in [-0.4, -0.2) is 77.3 Å². The number of aliphatic carboxylic acids is 1. The minimum absolute atomic E-state index is 0.0252. The lowest BCUT2D eigenvalue weighted by Crippen LogP contribution is -2.62. The van der Waals surface area contributed by atoms with Gasteiger partial charge in [0, 0.05) is 36.3 Å². The predicted molar refractivity (Wildman–Crippen MR) is 181 cm³/mol. The first-order chi connectivity index (χ1) is 24.0. The first-order valence-electron chi connectivity index (χ1n) is 16.5. The number of ether oxygens (including phenoxy) is 1. The van der Waals surface area contributed by atoms with Crippen LogP contribution in [0.5, 0.6) is 5.75 Å². The highest BCUT2D eigenvalue weighted by atomic mass is 35.5. The fourth-order valence-corrected chi connectivity index (χ4v) is 6.66. The number of hydrogen-bond acceptors (Lipinski definition) is 6. The van der Waals surface area contributed by atoms with Crippen molar-refractivity contribution in [3.63, 3.8) is 0 Å². The number of nitrogens with zero attached hydrogens (tertiary/aromatic N) is 1. The van der Waals surface area contributed by atoms with Gasteiger partial charge in [-0.15, -0.1) is 0 Å². The van der Waals surface area contributed by atoms with Gasteiger partial charge >= 0.3 is 5.97 Å². The van der Waals surface area contributed by atoms with Gasteiger partial charge < -0.3 is 30.5 Å². The van der Waals surface area contributed by atoms with Crippen molar-refractivity contribution in [3.8, 4) is 5.75 Å². The third kappa shape index (κ3) is 9.43. The first-order valence-corrected chi connectivity index (χ1v) is 16.9. The van der Waals surface area contributed by atoms with Crippen LogP contribution in [-0.2, 0) is 27.2 Å². The van der Waals surface area contributed by atoms with E-state index in [0.29, 0.717) is 61.9 Å². The molecule has 266 valence electrons. The van der Waals surface area contributed by atoms with Crippen LogP contribution in [0.25, 0.3) is 5.57 Å². The molecule has 0 unspecified atom stereocenters. The zero-order valence-corrected chi connectivity index (χ0v) is 28.0. The summed E-state index contributed by atoms with van der Waals surface area (Å²) in [6.45, 7) is 0.871. The lowest BCUT2D eigenvalue weighted by Gasteiger charge is -2.44. The van der Waals surface area contributed by atoms with Gasteiger partial charge in [-0.2, -0.15) is 4.39 Å². The Hall–Kier alpha value is -4.39. The van der Waals surface area contributed by atoms with Gasteiger partial charge in [0.1, 0.15) is 0 Å². The lowest BCUT2D eigenvalue weighted by molar-refractivity contribution is -0.141. The van der Waals surface area contributed by atoms with Gasteiger partial charge in [-0.25, -0.2) is 8.78 Å². The summed E-state index contributed by atoms with van der Waals surface area (Å²) in [6, 6.07) is 16.0. The summed E-state index contributed by atoms with van der Waals surface area (Å²) in [5.41, 5.74) is 4.09. The number of nitrogens with one attached hydrogen (secondary N) is 2. The van der Waals surface area contributed by atoms with Crippen molar-refractivity contribution in [2.45, 2.75) is 63.1 Å². The normalized spacial score (nSPS) is 17.7. The number of aryl methyl sites for hydroxylation is 2. The Balaban J connectivity index is 1.28. The van der Waals surface area contributed by atoms with Gasteiger partial charge in [-0.3, -0.25) is 14.4 Å². The number of halogens is 4. The Morgan fingerprint density at radius 1 is 0.960 bits per heavy atom. The molecule has 1 fully saturated rings. The topological polar surface area (TPSA) is 128 Å². The molecule has 4 N–H and O–H groups in total. The number of fused-ring (bicyclic) bond motifs is 2. The Kier molecular flexibility index (Phi) is 12.6. The summed E-state index contributed by atoms with van der Waals surface area (Å²) in [5, 5.41) is 26.2. The molecule has 2 bridgehead atoms. The van der Waals surface area contributed by atoms with Crippen LogP contribution in [0.15, 0.2) is 66.2 Å². The number of carboxylic acid groups (broad SMARTS) is 1. The average molecular weight is 714 g/mol. The van der Waals surface area contributed by atoms with E-state index in [1.54, 1.807) is 4.90 Å². The molecule has 2 aliphatic rings. The summed E-state index contributed by atoms with van der Waals surface area (Å²) < 4.78 is 46.4. The zero-order valence-electron chi connectivity index (χ0n) is 27.3. The molecule has 3 aromatic carbocycles. The SMILES string of the molecule is O=C(O)C[C@H](O)CC(=O)N1C[C@H]2CC(c3ccc(CCCOc4c(F)ccc(F)c4F)cc3)=C(C(=O)NCCCc3ccccc3Cl)[C@@H](C1)N2. The molecule has 2 heterocycles. The van der Waals surface area contributed by atoms with Crippen LogP contribution in [0.1, 0.15) is 48.8 Å². The Morgan fingerprint density at radius 3 is 2.44 bits per heavy atom. The van der Waals surface area contributed by atoms with Crippen LogP contribution in [0.4, 0.5) is 13.2 Å². The molecule has 0 aliphatic carbocycles. The summed E-state index contributed by atoms with van der Waals surface area (Å²) >= 11 is 6.29.